The lowest BCUT2D eigenvalue weighted by Crippen LogP contribution is -2.53. The van der Waals surface area contributed by atoms with Crippen molar-refractivity contribution >= 4 is 12.6 Å². The van der Waals surface area contributed by atoms with Gasteiger partial charge in [0.25, 0.3) is 0 Å². The maximum atomic E-state index is 10.2. The molecule has 0 aliphatic carbocycles. The molecule has 23 heavy (non-hydrogen) atoms. The molecule has 6 heteroatoms. The summed E-state index contributed by atoms with van der Waals surface area (Å²) in [6.07, 6.45) is 2.90. The lowest BCUT2D eigenvalue weighted by molar-refractivity contribution is -0.105. The Bertz CT molecular complexity index is 489. The Kier molecular flexibility index (Phi) is 5.73. The van der Waals surface area contributed by atoms with Crippen LogP contribution >= 0.6 is 0 Å². The van der Waals surface area contributed by atoms with Crippen molar-refractivity contribution < 1.29 is 24.3 Å². The molecule has 1 aromatic carbocycles. The Morgan fingerprint density at radius 3 is 2.30 bits per heavy atom. The molecule has 1 fully saturated rings. The normalized spacial score (nSPS) is 19.5. The van der Waals surface area contributed by atoms with E-state index < -0.39 is 18.3 Å². The smallest absolute Gasteiger partial charge is 0.465 e. The van der Waals surface area contributed by atoms with E-state index in [-0.39, 0.29) is 6.29 Å². The summed E-state index contributed by atoms with van der Waals surface area (Å²) in [5, 5.41) is 20.3. The maximum Gasteiger partial charge on any atom is 0.491 e. The Morgan fingerprint density at radius 1 is 1.13 bits per heavy atom. The van der Waals surface area contributed by atoms with Crippen molar-refractivity contribution in [2.45, 2.75) is 64.4 Å². The summed E-state index contributed by atoms with van der Waals surface area (Å²) in [7, 11) is -1.11. The van der Waals surface area contributed by atoms with Crippen molar-refractivity contribution in [3.05, 3.63) is 24.3 Å². The number of hydrogen-bond donors (Lipinski definition) is 2. The molecule has 1 aromatic rings. The zero-order valence-electron chi connectivity index (χ0n) is 14.4. The minimum Gasteiger partial charge on any atom is -0.465 e. The minimum absolute atomic E-state index is 0.190. The molecule has 128 valence electrons. The highest BCUT2D eigenvalue weighted by Gasteiger charge is 2.39. The molecular formula is C17H27BO5. The van der Waals surface area contributed by atoms with Crippen molar-refractivity contribution in [3.63, 3.8) is 0 Å². The molecule has 1 aliphatic heterocycles. The highest BCUT2D eigenvalue weighted by molar-refractivity contribution is 6.60. The van der Waals surface area contributed by atoms with Crippen molar-refractivity contribution in [3.8, 4) is 5.75 Å². The third-order valence-corrected chi connectivity index (χ3v) is 4.45. The van der Waals surface area contributed by atoms with Gasteiger partial charge < -0.3 is 24.3 Å². The molecule has 1 heterocycles. The number of rotatable bonds is 6. The fourth-order valence-corrected chi connectivity index (χ4v) is 2.16. The van der Waals surface area contributed by atoms with Gasteiger partial charge in [-0.15, -0.1) is 0 Å². The molecule has 5 nitrogen and oxygen atoms in total. The van der Waals surface area contributed by atoms with Gasteiger partial charge >= 0.3 is 7.12 Å². The highest BCUT2D eigenvalue weighted by Crippen LogP contribution is 2.25. The van der Waals surface area contributed by atoms with Crippen molar-refractivity contribution in [2.75, 3.05) is 6.61 Å². The molecular weight excluding hydrogens is 295 g/mol. The second kappa shape index (κ2) is 7.22. The van der Waals surface area contributed by atoms with E-state index in [1.54, 1.807) is 52.0 Å². The second-order valence-corrected chi connectivity index (χ2v) is 7.02. The number of aliphatic hydroxyl groups is 1. The molecule has 0 saturated carbocycles. The van der Waals surface area contributed by atoms with Gasteiger partial charge in [-0.25, -0.2) is 0 Å². The van der Waals surface area contributed by atoms with Crippen LogP contribution in [0.2, 0.25) is 0 Å². The molecule has 1 aliphatic rings. The number of hydrogen-bond acceptors (Lipinski definition) is 5. The number of ether oxygens (including phenoxy) is 2. The van der Waals surface area contributed by atoms with Gasteiger partial charge in [-0.2, -0.15) is 0 Å². The zero-order chi connectivity index (χ0) is 17.1. The van der Waals surface area contributed by atoms with Gasteiger partial charge in [-0.1, -0.05) is 12.1 Å². The Hall–Kier alpha value is -1.08. The monoisotopic (exact) mass is 322 g/mol. The minimum atomic E-state index is -1.11. The van der Waals surface area contributed by atoms with Crippen LogP contribution in [0.5, 0.6) is 5.75 Å². The second-order valence-electron chi connectivity index (χ2n) is 7.02. The molecule has 0 aromatic heterocycles. The first-order chi connectivity index (χ1) is 10.7. The van der Waals surface area contributed by atoms with Crippen LogP contribution in [0.4, 0.5) is 0 Å². The van der Waals surface area contributed by atoms with Gasteiger partial charge in [0.2, 0.25) is 0 Å². The average Bonchev–Trinajstić information content (AvgIpc) is 2.47. The van der Waals surface area contributed by atoms with Crippen LogP contribution in [-0.4, -0.2) is 41.3 Å². The quantitative estimate of drug-likeness (QED) is 0.782. The van der Waals surface area contributed by atoms with Gasteiger partial charge in [-0.3, -0.25) is 0 Å². The topological polar surface area (TPSA) is 68.2 Å². The standard InChI is InChI=1S/C17H27BO5/c1-16(2,19)17(3,4)23-18(20)13-8-10-14(11-9-13)22-15-7-5-6-12-21-15/h8-11,15,19-20H,5-7,12H2,1-4H3/t15-/m1/s1. The zero-order valence-corrected chi connectivity index (χ0v) is 14.4. The van der Waals surface area contributed by atoms with Crippen molar-refractivity contribution in [1.29, 1.82) is 0 Å². The first-order valence-electron chi connectivity index (χ1n) is 8.15. The molecule has 1 saturated heterocycles. The van der Waals surface area contributed by atoms with E-state index in [0.29, 0.717) is 11.2 Å². The summed E-state index contributed by atoms with van der Waals surface area (Å²) < 4.78 is 16.9. The maximum absolute atomic E-state index is 10.2. The van der Waals surface area contributed by atoms with Gasteiger partial charge in [0.15, 0.2) is 6.29 Å². The summed E-state index contributed by atoms with van der Waals surface area (Å²) >= 11 is 0. The van der Waals surface area contributed by atoms with Crippen LogP contribution < -0.4 is 10.2 Å². The fraction of sp³-hybridized carbons (Fsp3) is 0.647. The van der Waals surface area contributed by atoms with Gasteiger partial charge in [-0.05, 0) is 58.1 Å². The third-order valence-electron chi connectivity index (χ3n) is 4.45. The summed E-state index contributed by atoms with van der Waals surface area (Å²) in [5.74, 6) is 0.703. The Balaban J connectivity index is 1.95. The van der Waals surface area contributed by atoms with E-state index in [0.717, 1.165) is 25.9 Å². The van der Waals surface area contributed by atoms with Crippen LogP contribution in [0.1, 0.15) is 47.0 Å². The van der Waals surface area contributed by atoms with Crippen LogP contribution in [0.3, 0.4) is 0 Å². The number of benzene rings is 1. The third kappa shape index (κ3) is 4.95. The lowest BCUT2D eigenvalue weighted by atomic mass is 9.76. The molecule has 0 bridgehead atoms. The first-order valence-corrected chi connectivity index (χ1v) is 8.15. The Labute approximate surface area is 138 Å². The molecule has 2 N–H and O–H groups in total. The Morgan fingerprint density at radius 2 is 1.78 bits per heavy atom. The summed E-state index contributed by atoms with van der Waals surface area (Å²) in [6, 6.07) is 7.08. The van der Waals surface area contributed by atoms with Gasteiger partial charge in [0, 0.05) is 6.42 Å². The molecule has 0 spiro atoms. The highest BCUT2D eigenvalue weighted by atomic mass is 16.7. The van der Waals surface area contributed by atoms with Gasteiger partial charge in [0.05, 0.1) is 17.8 Å². The van der Waals surface area contributed by atoms with E-state index in [1.165, 1.54) is 0 Å². The van der Waals surface area contributed by atoms with Crippen LogP contribution in [0.15, 0.2) is 24.3 Å². The van der Waals surface area contributed by atoms with Crippen LogP contribution in [-0.2, 0) is 9.39 Å². The van der Waals surface area contributed by atoms with Crippen LogP contribution in [0.25, 0.3) is 0 Å². The van der Waals surface area contributed by atoms with E-state index >= 15 is 0 Å². The summed E-state index contributed by atoms with van der Waals surface area (Å²) in [5.41, 5.74) is -1.35. The van der Waals surface area contributed by atoms with E-state index in [2.05, 4.69) is 0 Å². The fourth-order valence-electron chi connectivity index (χ4n) is 2.16. The van der Waals surface area contributed by atoms with Crippen molar-refractivity contribution in [2.24, 2.45) is 0 Å². The van der Waals surface area contributed by atoms with Crippen molar-refractivity contribution in [1.82, 2.24) is 0 Å². The predicted molar refractivity (Wildman–Crippen MR) is 89.7 cm³/mol. The average molecular weight is 322 g/mol. The lowest BCUT2D eigenvalue weighted by Gasteiger charge is -2.38. The van der Waals surface area contributed by atoms with E-state index in [9.17, 15) is 10.1 Å². The molecule has 0 amide bonds. The first kappa shape index (κ1) is 18.3. The molecule has 1 atom stereocenters. The predicted octanol–water partition coefficient (Wildman–Crippen LogP) is 1.85. The molecule has 0 radical (unpaired) electrons. The van der Waals surface area contributed by atoms with Crippen LogP contribution in [0, 0.1) is 0 Å². The summed E-state index contributed by atoms with van der Waals surface area (Å²) in [4.78, 5) is 0. The largest absolute Gasteiger partial charge is 0.491 e. The molecule has 0 unspecified atom stereocenters. The van der Waals surface area contributed by atoms with E-state index in [1.807, 2.05) is 0 Å². The summed E-state index contributed by atoms with van der Waals surface area (Å²) in [6.45, 7) is 7.53. The molecule has 2 rings (SSSR count). The van der Waals surface area contributed by atoms with Gasteiger partial charge in [0.1, 0.15) is 5.75 Å². The SMILES string of the molecule is CC(C)(O)C(C)(C)OB(O)c1ccc(O[C@@H]2CCCCO2)cc1. The van der Waals surface area contributed by atoms with E-state index in [4.69, 9.17) is 14.1 Å².